The fourth-order valence-electron chi connectivity index (χ4n) is 3.60. The van der Waals surface area contributed by atoms with Crippen molar-refractivity contribution in [2.75, 3.05) is 23.3 Å². The lowest BCUT2D eigenvalue weighted by Gasteiger charge is -2.34. The quantitative estimate of drug-likeness (QED) is 0.618. The van der Waals surface area contributed by atoms with E-state index in [1.54, 1.807) is 42.5 Å². The molecule has 4 rings (SSSR count). The number of anilines is 2. The van der Waals surface area contributed by atoms with Gasteiger partial charge in [0.1, 0.15) is 0 Å². The summed E-state index contributed by atoms with van der Waals surface area (Å²) in [7, 11) is 0. The Morgan fingerprint density at radius 3 is 2.53 bits per heavy atom. The van der Waals surface area contributed by atoms with Gasteiger partial charge in [0.05, 0.1) is 17.0 Å². The lowest BCUT2D eigenvalue weighted by Crippen LogP contribution is -2.42. The van der Waals surface area contributed by atoms with Gasteiger partial charge in [0.25, 0.3) is 0 Å². The van der Waals surface area contributed by atoms with E-state index in [0.29, 0.717) is 35.6 Å². The molecule has 1 atom stereocenters. The molecular formula is C21H18ClF3N4O. The van der Waals surface area contributed by atoms with Crippen LogP contribution in [0.15, 0.2) is 48.5 Å². The van der Waals surface area contributed by atoms with Crippen molar-refractivity contribution in [2.45, 2.75) is 19.0 Å². The van der Waals surface area contributed by atoms with Gasteiger partial charge in [-0.25, -0.2) is 9.97 Å². The zero-order valence-corrected chi connectivity index (χ0v) is 16.5. The Morgan fingerprint density at radius 1 is 1.10 bits per heavy atom. The van der Waals surface area contributed by atoms with Crippen LogP contribution >= 0.6 is 11.6 Å². The first-order valence-corrected chi connectivity index (χ1v) is 9.84. The topological polar surface area (TPSA) is 58.1 Å². The highest BCUT2D eigenvalue weighted by atomic mass is 35.5. The summed E-state index contributed by atoms with van der Waals surface area (Å²) >= 11 is 5.94. The summed E-state index contributed by atoms with van der Waals surface area (Å²) in [6.07, 6.45) is -3.51. The van der Waals surface area contributed by atoms with E-state index in [1.807, 2.05) is 0 Å². The minimum Gasteiger partial charge on any atom is -0.354 e. The summed E-state index contributed by atoms with van der Waals surface area (Å²) in [5.41, 5.74) is 0.0787. The van der Waals surface area contributed by atoms with E-state index < -0.39 is 17.8 Å². The van der Waals surface area contributed by atoms with Gasteiger partial charge in [0, 0.05) is 23.8 Å². The van der Waals surface area contributed by atoms with Crippen molar-refractivity contribution in [1.82, 2.24) is 9.97 Å². The number of nitrogens with zero attached hydrogens (tertiary/aromatic N) is 3. The number of piperidine rings is 1. The van der Waals surface area contributed by atoms with Crippen LogP contribution in [-0.2, 0) is 11.0 Å². The zero-order valence-electron chi connectivity index (χ0n) is 15.8. The van der Waals surface area contributed by atoms with E-state index in [2.05, 4.69) is 15.3 Å². The molecule has 3 aromatic rings. The molecule has 156 valence electrons. The Labute approximate surface area is 175 Å². The van der Waals surface area contributed by atoms with Crippen LogP contribution in [0.5, 0.6) is 0 Å². The zero-order chi connectivity index (χ0) is 21.3. The van der Waals surface area contributed by atoms with Gasteiger partial charge in [-0.2, -0.15) is 13.2 Å². The fourth-order valence-corrected chi connectivity index (χ4v) is 3.79. The van der Waals surface area contributed by atoms with Crippen LogP contribution in [-0.4, -0.2) is 29.0 Å². The third-order valence-electron chi connectivity index (χ3n) is 5.00. The molecule has 0 aliphatic carbocycles. The summed E-state index contributed by atoms with van der Waals surface area (Å²) in [5.74, 6) is -0.974. The molecule has 0 spiro atoms. The first-order chi connectivity index (χ1) is 14.3. The maximum Gasteiger partial charge on any atom is 0.437 e. The molecule has 1 amide bonds. The molecule has 0 unspecified atom stereocenters. The molecule has 30 heavy (non-hydrogen) atoms. The highest BCUT2D eigenvalue weighted by Crippen LogP contribution is 2.36. The number of carbonyl (C=O) groups is 1. The van der Waals surface area contributed by atoms with Crippen molar-refractivity contribution in [3.05, 3.63) is 59.2 Å². The molecule has 2 aromatic carbocycles. The van der Waals surface area contributed by atoms with Crippen molar-refractivity contribution in [1.29, 1.82) is 0 Å². The number of benzene rings is 2. The largest absolute Gasteiger partial charge is 0.437 e. The van der Waals surface area contributed by atoms with E-state index in [4.69, 9.17) is 11.6 Å². The predicted octanol–water partition coefficient (Wildman–Crippen LogP) is 5.16. The Morgan fingerprint density at radius 2 is 1.83 bits per heavy atom. The third-order valence-corrected chi connectivity index (χ3v) is 5.24. The summed E-state index contributed by atoms with van der Waals surface area (Å²) in [6.45, 7) is 0.500. The van der Waals surface area contributed by atoms with Gasteiger partial charge in [-0.05, 0) is 43.2 Å². The van der Waals surface area contributed by atoms with Crippen molar-refractivity contribution >= 4 is 40.0 Å². The Bertz CT molecular complexity index is 1090. The molecule has 0 radical (unpaired) electrons. The van der Waals surface area contributed by atoms with Gasteiger partial charge in [-0.3, -0.25) is 4.79 Å². The SMILES string of the molecule is O=C(Nc1cccc(Cl)c1)[C@@H]1CCCN(c2nc3ccccc3nc2C(F)(F)F)C1. The number of nitrogens with one attached hydrogen (secondary N) is 1. The van der Waals surface area contributed by atoms with E-state index in [1.165, 1.54) is 11.0 Å². The maximum atomic E-state index is 13.7. The van der Waals surface area contributed by atoms with E-state index >= 15 is 0 Å². The van der Waals surface area contributed by atoms with Gasteiger partial charge in [-0.15, -0.1) is 0 Å². The standard InChI is InChI=1S/C21H18ClF3N4O/c22-14-6-3-7-15(11-14)26-20(30)13-5-4-10-29(12-13)19-18(21(23,24)25)27-16-8-1-2-9-17(16)28-19/h1-3,6-9,11,13H,4-5,10,12H2,(H,26,30)/t13-/m1/s1. The van der Waals surface area contributed by atoms with Crippen molar-refractivity contribution in [2.24, 2.45) is 5.92 Å². The molecular weight excluding hydrogens is 417 g/mol. The molecule has 0 bridgehead atoms. The summed E-state index contributed by atoms with van der Waals surface area (Å²) < 4.78 is 41.1. The van der Waals surface area contributed by atoms with Crippen LogP contribution in [0, 0.1) is 5.92 Å². The highest BCUT2D eigenvalue weighted by Gasteiger charge is 2.40. The van der Waals surface area contributed by atoms with Crippen LogP contribution in [0.1, 0.15) is 18.5 Å². The summed E-state index contributed by atoms with van der Waals surface area (Å²) in [4.78, 5) is 22.3. The molecule has 1 fully saturated rings. The normalized spacial score (nSPS) is 17.2. The Balaban J connectivity index is 1.61. The number of fused-ring (bicyclic) bond motifs is 1. The molecule has 1 N–H and O–H groups in total. The first-order valence-electron chi connectivity index (χ1n) is 9.46. The van der Waals surface area contributed by atoms with Crippen molar-refractivity contribution < 1.29 is 18.0 Å². The van der Waals surface area contributed by atoms with E-state index in [9.17, 15) is 18.0 Å². The fraction of sp³-hybridized carbons (Fsp3) is 0.286. The second kappa shape index (κ2) is 8.10. The van der Waals surface area contributed by atoms with Crippen LogP contribution in [0.25, 0.3) is 11.0 Å². The van der Waals surface area contributed by atoms with Crippen LogP contribution in [0.4, 0.5) is 24.7 Å². The van der Waals surface area contributed by atoms with Gasteiger partial charge < -0.3 is 10.2 Å². The Hall–Kier alpha value is -2.87. The van der Waals surface area contributed by atoms with E-state index in [0.717, 1.165) is 0 Å². The minimum atomic E-state index is -4.65. The summed E-state index contributed by atoms with van der Waals surface area (Å²) in [5, 5.41) is 3.28. The van der Waals surface area contributed by atoms with Gasteiger partial charge in [0.2, 0.25) is 5.91 Å². The smallest absolute Gasteiger partial charge is 0.354 e. The highest BCUT2D eigenvalue weighted by molar-refractivity contribution is 6.30. The van der Waals surface area contributed by atoms with Crippen molar-refractivity contribution in [3.63, 3.8) is 0 Å². The molecule has 1 aromatic heterocycles. The molecule has 2 heterocycles. The summed E-state index contributed by atoms with van der Waals surface area (Å²) in [6, 6.07) is 13.2. The maximum absolute atomic E-state index is 13.7. The second-order valence-corrected chi connectivity index (χ2v) is 7.60. The average Bonchev–Trinajstić information content (AvgIpc) is 2.72. The Kier molecular flexibility index (Phi) is 5.51. The lowest BCUT2D eigenvalue weighted by atomic mass is 9.96. The molecule has 9 heteroatoms. The number of carbonyl (C=O) groups excluding carboxylic acids is 1. The molecule has 5 nitrogen and oxygen atoms in total. The number of halogens is 4. The molecule has 1 aliphatic rings. The number of alkyl halides is 3. The number of amides is 1. The number of hydrogen-bond donors (Lipinski definition) is 1. The number of rotatable bonds is 3. The first kappa shape index (κ1) is 20.4. The predicted molar refractivity (Wildman–Crippen MR) is 110 cm³/mol. The number of aromatic nitrogens is 2. The molecule has 0 saturated carbocycles. The molecule has 1 aliphatic heterocycles. The van der Waals surface area contributed by atoms with Crippen molar-refractivity contribution in [3.8, 4) is 0 Å². The van der Waals surface area contributed by atoms with Crippen LogP contribution < -0.4 is 10.2 Å². The average molecular weight is 435 g/mol. The van der Waals surface area contributed by atoms with Gasteiger partial charge in [0.15, 0.2) is 11.5 Å². The van der Waals surface area contributed by atoms with Gasteiger partial charge in [-0.1, -0.05) is 29.8 Å². The minimum absolute atomic E-state index is 0.127. The molecule has 1 saturated heterocycles. The second-order valence-electron chi connectivity index (χ2n) is 7.17. The number of para-hydroxylation sites is 2. The third kappa shape index (κ3) is 4.33. The van der Waals surface area contributed by atoms with Crippen LogP contribution in [0.3, 0.4) is 0 Å². The number of hydrogen-bond acceptors (Lipinski definition) is 4. The van der Waals surface area contributed by atoms with Crippen LogP contribution in [0.2, 0.25) is 5.02 Å². The van der Waals surface area contributed by atoms with E-state index in [-0.39, 0.29) is 23.8 Å². The lowest BCUT2D eigenvalue weighted by molar-refractivity contribution is -0.140. The van der Waals surface area contributed by atoms with Gasteiger partial charge >= 0.3 is 6.18 Å². The monoisotopic (exact) mass is 434 g/mol.